The Morgan fingerprint density at radius 3 is 2.56 bits per heavy atom. The van der Waals surface area contributed by atoms with Crippen LogP contribution < -0.4 is 0 Å². The fourth-order valence-electron chi connectivity index (χ4n) is 1.70. The molecule has 0 atom stereocenters. The van der Waals surface area contributed by atoms with E-state index >= 15 is 0 Å². The summed E-state index contributed by atoms with van der Waals surface area (Å²) in [5, 5.41) is 8.33. The summed E-state index contributed by atoms with van der Waals surface area (Å²) in [7, 11) is 0. The Bertz CT molecular complexity index is 716. The molecule has 3 rings (SSSR count). The lowest BCUT2D eigenvalue weighted by Crippen LogP contribution is -1.94. The van der Waals surface area contributed by atoms with Gasteiger partial charge in [0.05, 0.1) is 0 Å². The van der Waals surface area contributed by atoms with E-state index in [1.54, 1.807) is 0 Å². The lowest BCUT2D eigenvalue weighted by atomic mass is 10.2. The van der Waals surface area contributed by atoms with Crippen LogP contribution in [0.2, 0.25) is 0 Å². The van der Waals surface area contributed by atoms with Gasteiger partial charge >= 0.3 is 0 Å². The Balaban J connectivity index is 2.23. The summed E-state index contributed by atoms with van der Waals surface area (Å²) in [5.74, 6) is 0.612. The van der Waals surface area contributed by atoms with E-state index in [1.165, 1.54) is 0 Å². The molecule has 2 aromatic carbocycles. The summed E-state index contributed by atoms with van der Waals surface area (Å²) < 4.78 is 0.920. The lowest BCUT2D eigenvalue weighted by Gasteiger charge is -2.03. The third kappa shape index (κ3) is 2.11. The fourth-order valence-corrected chi connectivity index (χ4v) is 2.63. The molecule has 3 aromatic rings. The summed E-state index contributed by atoms with van der Waals surface area (Å²) in [6.45, 7) is 0. The molecule has 0 fully saturated rings. The quantitative estimate of drug-likeness (QED) is 0.695. The molecule has 0 saturated carbocycles. The number of benzene rings is 2. The Kier molecular flexibility index (Phi) is 3.01. The zero-order valence-electron chi connectivity index (χ0n) is 9.21. The molecule has 0 unspecified atom stereocenters. The number of nitrogens with zero attached hydrogens (tertiary/aromatic N) is 3. The molecule has 0 aliphatic heterocycles. The van der Waals surface area contributed by atoms with E-state index < -0.39 is 0 Å². The minimum atomic E-state index is 0.612. The van der Waals surface area contributed by atoms with Crippen molar-refractivity contribution in [3.05, 3.63) is 46.9 Å². The first-order chi connectivity index (χ1) is 8.74. The molecule has 0 aliphatic carbocycles. The third-order valence-corrected chi connectivity index (χ3v) is 3.34. The van der Waals surface area contributed by atoms with Crippen molar-refractivity contribution < 1.29 is 0 Å². The van der Waals surface area contributed by atoms with Gasteiger partial charge in [0.15, 0.2) is 5.82 Å². The Hall–Kier alpha value is -1.46. The van der Waals surface area contributed by atoms with Crippen LogP contribution in [0.25, 0.3) is 22.4 Å². The Labute approximate surface area is 118 Å². The van der Waals surface area contributed by atoms with Crippen molar-refractivity contribution in [1.29, 1.82) is 0 Å². The minimum absolute atomic E-state index is 0.612. The molecule has 1 heterocycles. The van der Waals surface area contributed by atoms with E-state index in [9.17, 15) is 0 Å². The van der Waals surface area contributed by atoms with Crippen LogP contribution in [-0.2, 0) is 0 Å². The molecular weight excluding hydrogens is 310 g/mol. The molecule has 0 radical (unpaired) electrons. The highest BCUT2D eigenvalue weighted by Crippen LogP contribution is 2.25. The van der Waals surface area contributed by atoms with E-state index in [4.69, 9.17) is 0 Å². The first-order valence-electron chi connectivity index (χ1n) is 5.32. The second kappa shape index (κ2) is 4.66. The summed E-state index contributed by atoms with van der Waals surface area (Å²) >= 11 is 7.82. The molecule has 3 nitrogen and oxygen atoms in total. The van der Waals surface area contributed by atoms with E-state index in [0.717, 1.165) is 26.0 Å². The smallest absolute Gasteiger partial charge is 0.182 e. The third-order valence-electron chi connectivity index (χ3n) is 2.54. The number of rotatable bonds is 1. The number of fused-ring (bicyclic) bond motifs is 1. The van der Waals surface area contributed by atoms with Gasteiger partial charge in [0.2, 0.25) is 0 Å². The van der Waals surface area contributed by atoms with Gasteiger partial charge in [-0.25, -0.2) is 4.98 Å². The van der Waals surface area contributed by atoms with Crippen molar-refractivity contribution in [2.75, 3.05) is 0 Å². The summed E-state index contributed by atoms with van der Waals surface area (Å²) in [6, 6.07) is 13.6. The standard InChI is InChI=1S/C13H8BrN3S/c14-9-6-10-12(11(18)7-9)15-13(17-16-10)8-4-2-1-3-5-8/h1-7,18H. The van der Waals surface area contributed by atoms with Gasteiger partial charge < -0.3 is 0 Å². The van der Waals surface area contributed by atoms with Gasteiger partial charge in [-0.1, -0.05) is 46.3 Å². The lowest BCUT2D eigenvalue weighted by molar-refractivity contribution is 1.03. The van der Waals surface area contributed by atoms with Crippen LogP contribution >= 0.6 is 28.6 Å². The van der Waals surface area contributed by atoms with Crippen molar-refractivity contribution in [3.8, 4) is 11.4 Å². The molecule has 5 heteroatoms. The predicted molar refractivity (Wildman–Crippen MR) is 77.7 cm³/mol. The average Bonchev–Trinajstić information content (AvgIpc) is 2.39. The highest BCUT2D eigenvalue weighted by Gasteiger charge is 2.07. The van der Waals surface area contributed by atoms with Crippen molar-refractivity contribution in [1.82, 2.24) is 15.2 Å². The van der Waals surface area contributed by atoms with Crippen LogP contribution in [0.3, 0.4) is 0 Å². The van der Waals surface area contributed by atoms with Gasteiger partial charge in [0.25, 0.3) is 0 Å². The molecular formula is C13H8BrN3S. The van der Waals surface area contributed by atoms with Crippen LogP contribution in [0.4, 0.5) is 0 Å². The highest BCUT2D eigenvalue weighted by atomic mass is 79.9. The molecule has 1 aromatic heterocycles. The first-order valence-corrected chi connectivity index (χ1v) is 6.56. The van der Waals surface area contributed by atoms with Gasteiger partial charge in [0.1, 0.15) is 11.0 Å². The van der Waals surface area contributed by atoms with E-state index in [1.807, 2.05) is 42.5 Å². The number of hydrogen-bond acceptors (Lipinski definition) is 4. The molecule has 0 N–H and O–H groups in total. The SMILES string of the molecule is Sc1cc(Br)cc2nnc(-c3ccccc3)nc12. The van der Waals surface area contributed by atoms with Crippen LogP contribution in [0.1, 0.15) is 0 Å². The molecule has 0 spiro atoms. The molecule has 0 amide bonds. The molecule has 0 aliphatic rings. The monoisotopic (exact) mass is 317 g/mol. The van der Waals surface area contributed by atoms with Crippen molar-refractivity contribution in [3.63, 3.8) is 0 Å². The molecule has 0 bridgehead atoms. The Morgan fingerprint density at radius 1 is 1.00 bits per heavy atom. The molecule has 0 saturated heterocycles. The summed E-state index contributed by atoms with van der Waals surface area (Å²) in [6.07, 6.45) is 0. The number of aromatic nitrogens is 3. The zero-order chi connectivity index (χ0) is 12.5. The second-order valence-corrected chi connectivity index (χ2v) is 5.19. The van der Waals surface area contributed by atoms with E-state index in [0.29, 0.717) is 5.82 Å². The fraction of sp³-hybridized carbons (Fsp3) is 0. The van der Waals surface area contributed by atoms with Crippen LogP contribution in [0, 0.1) is 0 Å². The van der Waals surface area contributed by atoms with Crippen molar-refractivity contribution in [2.24, 2.45) is 0 Å². The maximum atomic E-state index is 4.52. The summed E-state index contributed by atoms with van der Waals surface area (Å²) in [5.41, 5.74) is 2.44. The topological polar surface area (TPSA) is 38.7 Å². The van der Waals surface area contributed by atoms with Crippen LogP contribution in [-0.4, -0.2) is 15.2 Å². The van der Waals surface area contributed by atoms with Gasteiger partial charge in [-0.2, -0.15) is 0 Å². The number of halogens is 1. The number of thiol groups is 1. The van der Waals surface area contributed by atoms with Gasteiger partial charge in [0, 0.05) is 14.9 Å². The van der Waals surface area contributed by atoms with Gasteiger partial charge in [-0.15, -0.1) is 22.8 Å². The first kappa shape index (κ1) is 11.6. The predicted octanol–water partition coefficient (Wildman–Crippen LogP) is 3.74. The summed E-state index contributed by atoms with van der Waals surface area (Å²) in [4.78, 5) is 5.30. The average molecular weight is 318 g/mol. The normalized spacial score (nSPS) is 10.8. The zero-order valence-corrected chi connectivity index (χ0v) is 11.7. The van der Waals surface area contributed by atoms with Gasteiger partial charge in [-0.3, -0.25) is 0 Å². The molecule has 18 heavy (non-hydrogen) atoms. The van der Waals surface area contributed by atoms with E-state index in [-0.39, 0.29) is 0 Å². The maximum absolute atomic E-state index is 4.52. The minimum Gasteiger partial charge on any atom is -0.224 e. The number of hydrogen-bond donors (Lipinski definition) is 1. The van der Waals surface area contributed by atoms with Gasteiger partial charge in [-0.05, 0) is 12.1 Å². The van der Waals surface area contributed by atoms with Crippen LogP contribution in [0.5, 0.6) is 0 Å². The Morgan fingerprint density at radius 2 is 1.78 bits per heavy atom. The van der Waals surface area contributed by atoms with Crippen LogP contribution in [0.15, 0.2) is 51.8 Å². The molecule has 88 valence electrons. The second-order valence-electron chi connectivity index (χ2n) is 3.79. The largest absolute Gasteiger partial charge is 0.224 e. The van der Waals surface area contributed by atoms with E-state index in [2.05, 4.69) is 43.7 Å². The highest BCUT2D eigenvalue weighted by molar-refractivity contribution is 9.10. The van der Waals surface area contributed by atoms with Crippen molar-refractivity contribution >= 4 is 39.6 Å². The van der Waals surface area contributed by atoms with Crippen molar-refractivity contribution in [2.45, 2.75) is 4.90 Å². The maximum Gasteiger partial charge on any atom is 0.182 e.